The Balaban J connectivity index is 1.65. The van der Waals surface area contributed by atoms with Crippen LogP contribution in [0.4, 0.5) is 13.9 Å². The molecule has 0 radical (unpaired) electrons. The molecule has 0 saturated carbocycles. The van der Waals surface area contributed by atoms with Crippen LogP contribution in [-0.4, -0.2) is 50.7 Å². The van der Waals surface area contributed by atoms with Crippen molar-refractivity contribution < 1.29 is 27.8 Å². The smallest absolute Gasteiger partial charge is 0.240 e. The first kappa shape index (κ1) is 23.4. The quantitative estimate of drug-likeness (QED) is 0.513. The highest BCUT2D eigenvalue weighted by molar-refractivity contribution is 7.14. The van der Waals surface area contributed by atoms with E-state index in [9.17, 15) is 13.6 Å². The van der Waals surface area contributed by atoms with Crippen molar-refractivity contribution in [2.45, 2.75) is 6.54 Å². The van der Waals surface area contributed by atoms with Crippen LogP contribution >= 0.6 is 11.3 Å². The number of hydrogen-bond donors (Lipinski definition) is 1. The summed E-state index contributed by atoms with van der Waals surface area (Å²) in [4.78, 5) is 18.4. The molecule has 0 aliphatic rings. The first-order valence-electron chi connectivity index (χ1n) is 9.53. The fraction of sp³-hybridized carbons (Fsp3) is 0.273. The molecule has 3 aromatic rings. The number of nitrogens with zero attached hydrogens (tertiary/aromatic N) is 2. The fourth-order valence-corrected chi connectivity index (χ4v) is 3.91. The number of nitrogens with one attached hydrogen (secondary N) is 1. The van der Waals surface area contributed by atoms with Crippen molar-refractivity contribution in [2.24, 2.45) is 0 Å². The lowest BCUT2D eigenvalue weighted by Gasteiger charge is -2.20. The summed E-state index contributed by atoms with van der Waals surface area (Å²) in [6, 6.07) is 6.76. The van der Waals surface area contributed by atoms with E-state index in [1.807, 2.05) is 6.07 Å². The predicted octanol–water partition coefficient (Wildman–Crippen LogP) is 4.18. The zero-order chi connectivity index (χ0) is 23.3. The van der Waals surface area contributed by atoms with Crippen LogP contribution in [0.1, 0.15) is 5.56 Å². The molecule has 0 atom stereocenters. The average molecular weight is 464 g/mol. The minimum Gasteiger partial charge on any atom is -0.493 e. The summed E-state index contributed by atoms with van der Waals surface area (Å²) in [7, 11) is 6.39. The molecule has 7 nitrogen and oxygen atoms in total. The van der Waals surface area contributed by atoms with Crippen LogP contribution in [0, 0.1) is 11.6 Å². The second-order valence-electron chi connectivity index (χ2n) is 6.88. The number of carbonyl (C=O) groups excluding carboxylic acids is 1. The Morgan fingerprint density at radius 2 is 1.84 bits per heavy atom. The molecule has 0 fully saturated rings. The van der Waals surface area contributed by atoms with Crippen LogP contribution in [0.25, 0.3) is 11.3 Å². The predicted molar refractivity (Wildman–Crippen MR) is 119 cm³/mol. The van der Waals surface area contributed by atoms with Gasteiger partial charge < -0.3 is 19.5 Å². The van der Waals surface area contributed by atoms with Gasteiger partial charge in [0.05, 0.1) is 33.6 Å². The molecule has 3 rings (SSSR count). The number of hydrogen-bond acceptors (Lipinski definition) is 7. The van der Waals surface area contributed by atoms with Gasteiger partial charge in [-0.1, -0.05) is 6.07 Å². The summed E-state index contributed by atoms with van der Waals surface area (Å²) in [5.41, 5.74) is 1.11. The van der Waals surface area contributed by atoms with Crippen LogP contribution in [0.2, 0.25) is 0 Å². The van der Waals surface area contributed by atoms with Gasteiger partial charge in [0.25, 0.3) is 0 Å². The van der Waals surface area contributed by atoms with Gasteiger partial charge in [-0.3, -0.25) is 9.69 Å². The summed E-state index contributed by atoms with van der Waals surface area (Å²) in [6.45, 7) is 0.481. The van der Waals surface area contributed by atoms with E-state index in [0.717, 1.165) is 35.1 Å². The van der Waals surface area contributed by atoms with E-state index >= 15 is 0 Å². The number of ether oxygens (including phenoxy) is 3. The summed E-state index contributed by atoms with van der Waals surface area (Å²) in [5, 5.41) is 4.55. The number of anilines is 1. The van der Waals surface area contributed by atoms with Crippen LogP contribution < -0.4 is 19.5 Å². The normalized spacial score (nSPS) is 10.8. The van der Waals surface area contributed by atoms with Gasteiger partial charge >= 0.3 is 0 Å². The van der Waals surface area contributed by atoms with Gasteiger partial charge in [0.2, 0.25) is 11.7 Å². The minimum absolute atomic E-state index is 0.0411. The lowest BCUT2D eigenvalue weighted by atomic mass is 10.1. The van der Waals surface area contributed by atoms with Crippen molar-refractivity contribution in [1.82, 2.24) is 9.88 Å². The molecule has 1 amide bonds. The van der Waals surface area contributed by atoms with E-state index in [-0.39, 0.29) is 23.7 Å². The highest BCUT2D eigenvalue weighted by Gasteiger charge is 2.18. The first-order chi connectivity index (χ1) is 15.4. The van der Waals surface area contributed by atoms with Crippen molar-refractivity contribution >= 4 is 22.4 Å². The Labute approximate surface area is 188 Å². The number of amides is 1. The number of methoxy groups -OCH3 is 3. The van der Waals surface area contributed by atoms with Gasteiger partial charge in [-0.25, -0.2) is 13.8 Å². The van der Waals surface area contributed by atoms with E-state index in [4.69, 9.17) is 14.2 Å². The summed E-state index contributed by atoms with van der Waals surface area (Å²) in [6.07, 6.45) is 0. The van der Waals surface area contributed by atoms with Crippen molar-refractivity contribution in [3.05, 3.63) is 52.9 Å². The van der Waals surface area contributed by atoms with E-state index < -0.39 is 11.6 Å². The fourth-order valence-electron chi connectivity index (χ4n) is 3.19. The van der Waals surface area contributed by atoms with E-state index in [1.165, 1.54) is 14.2 Å². The molecule has 0 bridgehead atoms. The highest BCUT2D eigenvalue weighted by atomic mass is 32.1. The lowest BCUT2D eigenvalue weighted by Crippen LogP contribution is -2.30. The lowest BCUT2D eigenvalue weighted by molar-refractivity contribution is -0.117. The zero-order valence-electron chi connectivity index (χ0n) is 18.1. The van der Waals surface area contributed by atoms with Crippen molar-refractivity contribution in [3.8, 4) is 28.5 Å². The van der Waals surface area contributed by atoms with Gasteiger partial charge in [-0.15, -0.1) is 11.3 Å². The maximum atomic E-state index is 13.9. The molecule has 0 saturated heterocycles. The largest absolute Gasteiger partial charge is 0.493 e. The van der Waals surface area contributed by atoms with Crippen molar-refractivity contribution in [2.75, 3.05) is 40.2 Å². The Kier molecular flexibility index (Phi) is 7.60. The maximum absolute atomic E-state index is 13.9. The maximum Gasteiger partial charge on any atom is 0.240 e. The summed E-state index contributed by atoms with van der Waals surface area (Å²) < 4.78 is 43.5. The van der Waals surface area contributed by atoms with E-state index in [0.29, 0.717) is 28.9 Å². The summed E-state index contributed by atoms with van der Waals surface area (Å²) >= 11 is 1.13. The summed E-state index contributed by atoms with van der Waals surface area (Å²) in [5.74, 6) is 0.104. The Bertz CT molecular complexity index is 1110. The Morgan fingerprint density at radius 1 is 1.09 bits per heavy atom. The minimum atomic E-state index is -0.585. The number of aromatic nitrogens is 1. The molecule has 2 aromatic carbocycles. The monoisotopic (exact) mass is 463 g/mol. The molecule has 32 heavy (non-hydrogen) atoms. The van der Waals surface area contributed by atoms with Crippen LogP contribution in [0.5, 0.6) is 17.2 Å². The SMILES string of the molecule is COc1ccc(CN(C)CC(=O)Nc2nc(-c3cc(F)ccc3F)cs2)c(OC)c1OC. The molecule has 1 heterocycles. The molecule has 0 aliphatic carbocycles. The molecule has 170 valence electrons. The molecule has 1 N–H and O–H groups in total. The average Bonchev–Trinajstić information content (AvgIpc) is 3.22. The van der Waals surface area contributed by atoms with Crippen molar-refractivity contribution in [3.63, 3.8) is 0 Å². The number of halogens is 2. The number of rotatable bonds is 9. The van der Waals surface area contributed by atoms with Gasteiger partial charge in [0, 0.05) is 23.1 Å². The third-order valence-corrected chi connectivity index (χ3v) is 5.35. The zero-order valence-corrected chi connectivity index (χ0v) is 18.9. The van der Waals surface area contributed by atoms with Crippen molar-refractivity contribution in [1.29, 1.82) is 0 Å². The second-order valence-corrected chi connectivity index (χ2v) is 7.73. The van der Waals surface area contributed by atoms with Gasteiger partial charge in [-0.05, 0) is 31.3 Å². The molecule has 0 aliphatic heterocycles. The highest BCUT2D eigenvalue weighted by Crippen LogP contribution is 2.40. The second kappa shape index (κ2) is 10.4. The van der Waals surface area contributed by atoms with Gasteiger partial charge in [0.1, 0.15) is 11.6 Å². The number of benzene rings is 2. The Morgan fingerprint density at radius 3 is 2.53 bits per heavy atom. The molecule has 10 heteroatoms. The number of carbonyl (C=O) groups is 1. The molecule has 0 unspecified atom stereocenters. The van der Waals surface area contributed by atoms with E-state index in [1.54, 1.807) is 30.5 Å². The van der Waals surface area contributed by atoms with Crippen LogP contribution in [0.3, 0.4) is 0 Å². The van der Waals surface area contributed by atoms with Crippen LogP contribution in [-0.2, 0) is 11.3 Å². The molecular weight excluding hydrogens is 440 g/mol. The first-order valence-corrected chi connectivity index (χ1v) is 10.4. The topological polar surface area (TPSA) is 72.9 Å². The third-order valence-electron chi connectivity index (χ3n) is 4.59. The third kappa shape index (κ3) is 5.32. The molecule has 1 aromatic heterocycles. The number of thiazole rings is 1. The molecular formula is C22H23F2N3O4S. The number of likely N-dealkylation sites (N-methyl/N-ethyl adjacent to an activating group) is 1. The van der Waals surface area contributed by atoms with Gasteiger partial charge in [0.15, 0.2) is 16.6 Å². The molecule has 0 spiro atoms. The standard InChI is InChI=1S/C22H23F2N3O4S/c1-27(10-13-5-8-18(29-2)21(31-4)20(13)30-3)11-19(28)26-22-25-17(12-32-22)15-9-14(23)6-7-16(15)24/h5-9,12H,10-11H2,1-4H3,(H,25,26,28). The van der Waals surface area contributed by atoms with Crippen LogP contribution in [0.15, 0.2) is 35.7 Å². The van der Waals surface area contributed by atoms with Gasteiger partial charge in [-0.2, -0.15) is 0 Å². The van der Waals surface area contributed by atoms with E-state index in [2.05, 4.69) is 10.3 Å². The Hall–Kier alpha value is -3.24.